The molecule has 11 heteroatoms. The number of nitrogens with zero attached hydrogens (tertiary/aromatic N) is 5. The lowest BCUT2D eigenvalue weighted by atomic mass is 10.0. The van der Waals surface area contributed by atoms with Crippen LogP contribution in [0.15, 0.2) is 18.5 Å². The number of aromatic nitrogens is 3. The van der Waals surface area contributed by atoms with E-state index >= 15 is 0 Å². The molecule has 5 atom stereocenters. The Bertz CT molecular complexity index is 953. The van der Waals surface area contributed by atoms with Gasteiger partial charge in [-0.25, -0.2) is 18.3 Å². The Hall–Kier alpha value is -1.92. The Morgan fingerprint density at radius 3 is 2.75 bits per heavy atom. The standard InChI is InChI=1S/C21H30F2N6O3/c22-21(23)9-13(5-8-27-6-1-2-7-27)28(11-21)10-16-17(30)18(31)19(32-16)14-3-4-15-20(24)25-12-26-29(14)15/h3-4,12-13,16-19,30-31H,1-2,5-11H2,(H2,24,25,26)/t13-,16-,17-,18-,19+/m1/s1. The van der Waals surface area contributed by atoms with Gasteiger partial charge in [0.05, 0.1) is 18.3 Å². The molecule has 5 rings (SSSR count). The maximum absolute atomic E-state index is 14.3. The first-order chi connectivity index (χ1) is 15.3. The van der Waals surface area contributed by atoms with Gasteiger partial charge in [0.1, 0.15) is 30.2 Å². The Morgan fingerprint density at radius 1 is 1.19 bits per heavy atom. The third kappa shape index (κ3) is 4.08. The molecule has 0 bridgehead atoms. The Morgan fingerprint density at radius 2 is 1.97 bits per heavy atom. The van der Waals surface area contributed by atoms with Crippen LogP contribution in [-0.2, 0) is 4.74 Å². The average Bonchev–Trinajstić information content (AvgIpc) is 3.51. The van der Waals surface area contributed by atoms with Gasteiger partial charge >= 0.3 is 0 Å². The van der Waals surface area contributed by atoms with Crippen LogP contribution < -0.4 is 5.73 Å². The lowest BCUT2D eigenvalue weighted by Crippen LogP contribution is -2.43. The number of aliphatic hydroxyl groups excluding tert-OH is 2. The molecule has 32 heavy (non-hydrogen) atoms. The van der Waals surface area contributed by atoms with Gasteiger partial charge in [0.25, 0.3) is 5.92 Å². The van der Waals surface area contributed by atoms with E-state index in [0.717, 1.165) is 32.5 Å². The summed E-state index contributed by atoms with van der Waals surface area (Å²) in [6.45, 7) is 2.63. The highest BCUT2D eigenvalue weighted by Gasteiger charge is 2.50. The van der Waals surface area contributed by atoms with Gasteiger partial charge in [0.15, 0.2) is 5.82 Å². The first-order valence-corrected chi connectivity index (χ1v) is 11.3. The van der Waals surface area contributed by atoms with Crippen molar-refractivity contribution >= 4 is 11.3 Å². The molecule has 0 amide bonds. The second-order valence-electron chi connectivity index (χ2n) is 9.26. The van der Waals surface area contributed by atoms with Crippen LogP contribution in [0, 0.1) is 0 Å². The molecule has 2 aromatic heterocycles. The fourth-order valence-electron chi connectivity index (χ4n) is 5.36. The summed E-state index contributed by atoms with van der Waals surface area (Å²) in [6.07, 6.45) is 0.0604. The Kier molecular flexibility index (Phi) is 5.79. The minimum absolute atomic E-state index is 0.134. The molecule has 5 heterocycles. The number of fused-ring (bicyclic) bond motifs is 1. The van der Waals surface area contributed by atoms with Gasteiger partial charge in [-0.05, 0) is 51.0 Å². The van der Waals surface area contributed by atoms with Gasteiger partial charge < -0.3 is 25.6 Å². The molecular formula is C21H30F2N6O3. The van der Waals surface area contributed by atoms with Crippen molar-refractivity contribution in [3.63, 3.8) is 0 Å². The third-order valence-corrected chi connectivity index (χ3v) is 7.04. The van der Waals surface area contributed by atoms with Crippen LogP contribution in [-0.4, -0.2) is 97.6 Å². The molecule has 176 valence electrons. The van der Waals surface area contributed by atoms with E-state index in [1.54, 1.807) is 17.0 Å². The molecule has 0 saturated carbocycles. The molecule has 2 aromatic rings. The van der Waals surface area contributed by atoms with Crippen LogP contribution >= 0.6 is 0 Å². The highest BCUT2D eigenvalue weighted by molar-refractivity contribution is 5.65. The summed E-state index contributed by atoms with van der Waals surface area (Å²) in [5.74, 6) is -2.47. The predicted molar refractivity (Wildman–Crippen MR) is 112 cm³/mol. The number of nitrogen functional groups attached to an aromatic ring is 1. The van der Waals surface area contributed by atoms with Crippen molar-refractivity contribution in [1.29, 1.82) is 0 Å². The third-order valence-electron chi connectivity index (χ3n) is 7.04. The molecular weight excluding hydrogens is 422 g/mol. The van der Waals surface area contributed by atoms with E-state index in [1.165, 1.54) is 10.8 Å². The van der Waals surface area contributed by atoms with Crippen LogP contribution in [0.5, 0.6) is 0 Å². The fraction of sp³-hybridized carbons (Fsp3) is 0.714. The Balaban J connectivity index is 1.29. The van der Waals surface area contributed by atoms with Gasteiger partial charge in [0, 0.05) is 19.0 Å². The van der Waals surface area contributed by atoms with Crippen LogP contribution in [0.2, 0.25) is 0 Å². The average molecular weight is 453 g/mol. The second kappa shape index (κ2) is 8.45. The minimum Gasteiger partial charge on any atom is -0.388 e. The molecule has 3 aliphatic rings. The SMILES string of the molecule is Nc1ncnn2c([C@@H]3O[C@H](CN4CC(F)(F)C[C@H]4CCN4CCCC4)[C@@H](O)[C@H]3O)ccc12. The molecule has 3 aliphatic heterocycles. The number of ether oxygens (including phenoxy) is 1. The summed E-state index contributed by atoms with van der Waals surface area (Å²) in [5.41, 5.74) is 6.97. The van der Waals surface area contributed by atoms with E-state index in [4.69, 9.17) is 10.5 Å². The molecule has 0 aliphatic carbocycles. The summed E-state index contributed by atoms with van der Waals surface area (Å²) >= 11 is 0. The van der Waals surface area contributed by atoms with Crippen molar-refractivity contribution in [3.05, 3.63) is 24.2 Å². The van der Waals surface area contributed by atoms with Gasteiger partial charge in [-0.3, -0.25) is 4.90 Å². The van der Waals surface area contributed by atoms with E-state index in [2.05, 4.69) is 15.0 Å². The van der Waals surface area contributed by atoms with E-state index in [9.17, 15) is 19.0 Å². The summed E-state index contributed by atoms with van der Waals surface area (Å²) in [6, 6.07) is 3.15. The zero-order valence-electron chi connectivity index (χ0n) is 17.9. The lowest BCUT2D eigenvalue weighted by molar-refractivity contribution is -0.0260. The zero-order chi connectivity index (χ0) is 22.5. The van der Waals surface area contributed by atoms with Crippen LogP contribution in [0.1, 0.15) is 37.5 Å². The number of alkyl halides is 2. The van der Waals surface area contributed by atoms with Crippen LogP contribution in [0.3, 0.4) is 0 Å². The predicted octanol–water partition coefficient (Wildman–Crippen LogP) is 0.669. The van der Waals surface area contributed by atoms with Crippen molar-refractivity contribution in [1.82, 2.24) is 24.4 Å². The number of aliphatic hydroxyl groups is 2. The summed E-state index contributed by atoms with van der Waals surface area (Å²) in [4.78, 5) is 7.98. The molecule has 0 radical (unpaired) electrons. The van der Waals surface area contributed by atoms with Crippen LogP contribution in [0.4, 0.5) is 14.6 Å². The van der Waals surface area contributed by atoms with Crippen molar-refractivity contribution < 1.29 is 23.7 Å². The van der Waals surface area contributed by atoms with Crippen molar-refractivity contribution in [2.45, 2.75) is 62.1 Å². The lowest BCUT2D eigenvalue weighted by Gasteiger charge is -2.28. The second-order valence-corrected chi connectivity index (χ2v) is 9.26. The number of rotatable bonds is 6. The van der Waals surface area contributed by atoms with E-state index in [1.807, 2.05) is 0 Å². The summed E-state index contributed by atoms with van der Waals surface area (Å²) in [7, 11) is 0. The largest absolute Gasteiger partial charge is 0.388 e. The number of hydrogen-bond donors (Lipinski definition) is 3. The number of hydrogen-bond acceptors (Lipinski definition) is 8. The molecule has 0 spiro atoms. The maximum atomic E-state index is 14.3. The molecule has 9 nitrogen and oxygen atoms in total. The Labute approximate surface area is 184 Å². The smallest absolute Gasteiger partial charge is 0.262 e. The molecule has 0 aromatic carbocycles. The number of anilines is 1. The normalized spacial score (nSPS) is 33.6. The van der Waals surface area contributed by atoms with E-state index in [-0.39, 0.29) is 31.4 Å². The first-order valence-electron chi connectivity index (χ1n) is 11.3. The highest BCUT2D eigenvalue weighted by Crippen LogP contribution is 2.38. The molecule has 3 saturated heterocycles. The summed E-state index contributed by atoms with van der Waals surface area (Å²) < 4.78 is 36.1. The summed E-state index contributed by atoms with van der Waals surface area (Å²) in [5, 5.41) is 25.5. The first kappa shape index (κ1) is 21.9. The van der Waals surface area contributed by atoms with Crippen molar-refractivity contribution in [3.8, 4) is 0 Å². The van der Waals surface area contributed by atoms with E-state index < -0.39 is 30.3 Å². The highest BCUT2D eigenvalue weighted by atomic mass is 19.3. The number of likely N-dealkylation sites (tertiary alicyclic amines) is 2. The van der Waals surface area contributed by atoms with Crippen molar-refractivity contribution in [2.75, 3.05) is 38.5 Å². The van der Waals surface area contributed by atoms with Gasteiger partial charge in [-0.2, -0.15) is 5.10 Å². The van der Waals surface area contributed by atoms with Crippen LogP contribution in [0.25, 0.3) is 5.52 Å². The van der Waals surface area contributed by atoms with Gasteiger partial charge in [-0.15, -0.1) is 0 Å². The van der Waals surface area contributed by atoms with Gasteiger partial charge in [-0.1, -0.05) is 0 Å². The molecule has 4 N–H and O–H groups in total. The number of nitrogens with two attached hydrogens (primary N) is 1. The van der Waals surface area contributed by atoms with Crippen molar-refractivity contribution in [2.24, 2.45) is 0 Å². The van der Waals surface area contributed by atoms with Gasteiger partial charge in [0.2, 0.25) is 0 Å². The molecule has 3 fully saturated rings. The maximum Gasteiger partial charge on any atom is 0.262 e. The fourth-order valence-corrected chi connectivity index (χ4v) is 5.36. The minimum atomic E-state index is -2.76. The quantitative estimate of drug-likeness (QED) is 0.586. The zero-order valence-corrected chi connectivity index (χ0v) is 17.9. The monoisotopic (exact) mass is 452 g/mol. The topological polar surface area (TPSA) is 112 Å². The number of halogens is 2. The van der Waals surface area contributed by atoms with E-state index in [0.29, 0.717) is 17.6 Å². The molecule has 0 unspecified atom stereocenters.